The van der Waals surface area contributed by atoms with Crippen LogP contribution in [-0.4, -0.2) is 42.2 Å². The first-order chi connectivity index (χ1) is 8.25. The lowest BCUT2D eigenvalue weighted by molar-refractivity contribution is 0.0918. The molecule has 0 spiro atoms. The van der Waals surface area contributed by atoms with Crippen LogP contribution in [0, 0.1) is 0 Å². The molecule has 0 atom stereocenters. The molecular formula is C11H16N4O2. The van der Waals surface area contributed by atoms with E-state index in [4.69, 9.17) is 10.5 Å². The molecular weight excluding hydrogens is 220 g/mol. The van der Waals surface area contributed by atoms with Gasteiger partial charge in [-0.1, -0.05) is 0 Å². The summed E-state index contributed by atoms with van der Waals surface area (Å²) in [5, 5.41) is 3.18. The number of nitrogen functional groups attached to an aromatic ring is 1. The van der Waals surface area contributed by atoms with Crippen LogP contribution in [0.25, 0.3) is 0 Å². The Balaban J connectivity index is 1.83. The van der Waals surface area contributed by atoms with Gasteiger partial charge >= 0.3 is 6.09 Å². The van der Waals surface area contributed by atoms with Crippen molar-refractivity contribution in [2.24, 2.45) is 0 Å². The van der Waals surface area contributed by atoms with Crippen molar-refractivity contribution in [3.8, 4) is 0 Å². The number of pyridine rings is 1. The molecule has 17 heavy (non-hydrogen) atoms. The Kier molecular flexibility index (Phi) is 3.77. The Morgan fingerprint density at radius 2 is 2.29 bits per heavy atom. The van der Waals surface area contributed by atoms with E-state index in [1.54, 1.807) is 23.2 Å². The Morgan fingerprint density at radius 3 is 3.00 bits per heavy atom. The van der Waals surface area contributed by atoms with Gasteiger partial charge in [0.15, 0.2) is 0 Å². The number of ether oxygens (including phenoxy) is 1. The highest BCUT2D eigenvalue weighted by atomic mass is 16.6. The topological polar surface area (TPSA) is 80.5 Å². The fraction of sp³-hybridized carbons (Fsp3) is 0.455. The molecule has 1 amide bonds. The van der Waals surface area contributed by atoms with Crippen molar-refractivity contribution in [1.29, 1.82) is 0 Å². The van der Waals surface area contributed by atoms with Crippen molar-refractivity contribution in [1.82, 2.24) is 15.2 Å². The monoisotopic (exact) mass is 236 g/mol. The van der Waals surface area contributed by atoms with Crippen LogP contribution in [0.1, 0.15) is 5.56 Å². The van der Waals surface area contributed by atoms with Gasteiger partial charge in [-0.15, -0.1) is 0 Å². The van der Waals surface area contributed by atoms with Gasteiger partial charge in [-0.05, 0) is 17.7 Å². The molecule has 0 aliphatic carbocycles. The van der Waals surface area contributed by atoms with Crippen LogP contribution < -0.4 is 11.1 Å². The van der Waals surface area contributed by atoms with Crippen LogP contribution in [0.15, 0.2) is 18.3 Å². The molecule has 1 saturated heterocycles. The van der Waals surface area contributed by atoms with Crippen LogP contribution in [0.4, 0.5) is 10.6 Å². The molecule has 1 aromatic heterocycles. The molecule has 1 fully saturated rings. The Labute approximate surface area is 99.8 Å². The summed E-state index contributed by atoms with van der Waals surface area (Å²) < 4.78 is 5.20. The van der Waals surface area contributed by atoms with E-state index in [1.807, 2.05) is 0 Å². The number of nitrogens with zero attached hydrogens (tertiary/aromatic N) is 2. The standard InChI is InChI=1S/C11H16N4O2/c12-10-7-9(1-2-14-10)8-17-11(16)15-5-3-13-4-6-15/h1-2,7,13H,3-6,8H2,(H2,12,14). The van der Waals surface area contributed by atoms with Gasteiger partial charge < -0.3 is 20.7 Å². The van der Waals surface area contributed by atoms with Crippen molar-refractivity contribution in [3.63, 3.8) is 0 Å². The fourth-order valence-corrected chi connectivity index (χ4v) is 1.67. The number of aromatic nitrogens is 1. The maximum absolute atomic E-state index is 11.7. The van der Waals surface area contributed by atoms with Gasteiger partial charge in [0.1, 0.15) is 12.4 Å². The van der Waals surface area contributed by atoms with E-state index in [0.717, 1.165) is 18.7 Å². The second-order valence-corrected chi connectivity index (χ2v) is 3.88. The van der Waals surface area contributed by atoms with Gasteiger partial charge in [0.2, 0.25) is 0 Å². The summed E-state index contributed by atoms with van der Waals surface area (Å²) in [7, 11) is 0. The molecule has 0 bridgehead atoms. The van der Waals surface area contributed by atoms with Gasteiger partial charge in [0.25, 0.3) is 0 Å². The fourth-order valence-electron chi connectivity index (χ4n) is 1.67. The number of nitrogens with one attached hydrogen (secondary N) is 1. The Bertz CT molecular complexity index is 391. The molecule has 1 aliphatic heterocycles. The average Bonchev–Trinajstić information content (AvgIpc) is 2.37. The van der Waals surface area contributed by atoms with E-state index in [2.05, 4.69) is 10.3 Å². The van der Waals surface area contributed by atoms with Gasteiger partial charge in [-0.2, -0.15) is 0 Å². The average molecular weight is 236 g/mol. The highest BCUT2D eigenvalue weighted by Crippen LogP contribution is 2.06. The zero-order chi connectivity index (χ0) is 12.1. The van der Waals surface area contributed by atoms with Crippen molar-refractivity contribution in [3.05, 3.63) is 23.9 Å². The Morgan fingerprint density at radius 1 is 1.53 bits per heavy atom. The maximum Gasteiger partial charge on any atom is 0.410 e. The molecule has 6 heteroatoms. The van der Waals surface area contributed by atoms with Crippen molar-refractivity contribution in [2.75, 3.05) is 31.9 Å². The quantitative estimate of drug-likeness (QED) is 0.767. The molecule has 0 radical (unpaired) electrons. The minimum Gasteiger partial charge on any atom is -0.445 e. The molecule has 6 nitrogen and oxygen atoms in total. The molecule has 3 N–H and O–H groups in total. The lowest BCUT2D eigenvalue weighted by Crippen LogP contribution is -2.46. The number of carbonyl (C=O) groups is 1. The van der Waals surface area contributed by atoms with Gasteiger partial charge in [0.05, 0.1) is 0 Å². The summed E-state index contributed by atoms with van der Waals surface area (Å²) in [4.78, 5) is 17.3. The SMILES string of the molecule is Nc1cc(COC(=O)N2CCNCC2)ccn1. The molecule has 2 rings (SSSR count). The van der Waals surface area contributed by atoms with E-state index < -0.39 is 0 Å². The van der Waals surface area contributed by atoms with E-state index in [1.165, 1.54) is 0 Å². The number of piperazine rings is 1. The minimum absolute atomic E-state index is 0.232. The predicted octanol–water partition coefficient (Wildman–Crippen LogP) is 0.206. The van der Waals surface area contributed by atoms with Crippen molar-refractivity contribution >= 4 is 11.9 Å². The lowest BCUT2D eigenvalue weighted by atomic mass is 10.3. The molecule has 0 unspecified atom stereocenters. The Hall–Kier alpha value is -1.82. The lowest BCUT2D eigenvalue weighted by Gasteiger charge is -2.26. The smallest absolute Gasteiger partial charge is 0.410 e. The normalized spacial score (nSPS) is 15.6. The summed E-state index contributed by atoms with van der Waals surface area (Å²) >= 11 is 0. The first kappa shape index (κ1) is 11.7. The first-order valence-electron chi connectivity index (χ1n) is 5.58. The van der Waals surface area contributed by atoms with E-state index in [9.17, 15) is 4.79 Å². The third kappa shape index (κ3) is 3.32. The summed E-state index contributed by atoms with van der Waals surface area (Å²) in [5.74, 6) is 0.431. The molecule has 0 aromatic carbocycles. The first-order valence-corrected chi connectivity index (χ1v) is 5.58. The van der Waals surface area contributed by atoms with Crippen LogP contribution in [0.5, 0.6) is 0 Å². The van der Waals surface area contributed by atoms with Gasteiger partial charge in [-0.3, -0.25) is 0 Å². The van der Waals surface area contributed by atoms with E-state index >= 15 is 0 Å². The number of hydrogen-bond acceptors (Lipinski definition) is 5. The van der Waals surface area contributed by atoms with Crippen LogP contribution in [-0.2, 0) is 11.3 Å². The third-order valence-electron chi connectivity index (χ3n) is 2.58. The van der Waals surface area contributed by atoms with Crippen molar-refractivity contribution in [2.45, 2.75) is 6.61 Å². The number of carbonyl (C=O) groups excluding carboxylic acids is 1. The number of rotatable bonds is 2. The minimum atomic E-state index is -0.276. The van der Waals surface area contributed by atoms with E-state index in [0.29, 0.717) is 18.9 Å². The second kappa shape index (κ2) is 5.49. The summed E-state index contributed by atoms with van der Waals surface area (Å²) in [6.07, 6.45) is 1.32. The highest BCUT2D eigenvalue weighted by molar-refractivity contribution is 5.67. The largest absolute Gasteiger partial charge is 0.445 e. The highest BCUT2D eigenvalue weighted by Gasteiger charge is 2.17. The van der Waals surface area contributed by atoms with Gasteiger partial charge in [0, 0.05) is 32.4 Å². The zero-order valence-electron chi connectivity index (χ0n) is 9.56. The third-order valence-corrected chi connectivity index (χ3v) is 2.58. The second-order valence-electron chi connectivity index (χ2n) is 3.88. The summed E-state index contributed by atoms with van der Waals surface area (Å²) in [5.41, 5.74) is 6.39. The number of anilines is 1. The zero-order valence-corrected chi connectivity index (χ0v) is 9.56. The molecule has 1 aromatic rings. The van der Waals surface area contributed by atoms with E-state index in [-0.39, 0.29) is 12.7 Å². The maximum atomic E-state index is 11.7. The summed E-state index contributed by atoms with van der Waals surface area (Å²) in [6, 6.07) is 3.48. The molecule has 0 saturated carbocycles. The van der Waals surface area contributed by atoms with Crippen LogP contribution >= 0.6 is 0 Å². The van der Waals surface area contributed by atoms with Crippen LogP contribution in [0.3, 0.4) is 0 Å². The van der Waals surface area contributed by atoms with Crippen LogP contribution in [0.2, 0.25) is 0 Å². The number of amides is 1. The van der Waals surface area contributed by atoms with Gasteiger partial charge in [-0.25, -0.2) is 9.78 Å². The molecule has 1 aliphatic rings. The number of hydrogen-bond donors (Lipinski definition) is 2. The summed E-state index contributed by atoms with van der Waals surface area (Å²) in [6.45, 7) is 3.25. The van der Waals surface area contributed by atoms with Crippen molar-refractivity contribution < 1.29 is 9.53 Å². The number of nitrogens with two attached hydrogens (primary N) is 1. The molecule has 2 heterocycles. The molecule has 92 valence electrons. The predicted molar refractivity (Wildman–Crippen MR) is 63.3 cm³/mol.